The third kappa shape index (κ3) is 4.49. The van der Waals surface area contributed by atoms with E-state index < -0.39 is 10.0 Å². The average molecular weight is 438 g/mol. The van der Waals surface area contributed by atoms with Gasteiger partial charge in [0.2, 0.25) is 10.0 Å². The Balaban J connectivity index is 1.77. The molecule has 1 fully saturated rings. The topological polar surface area (TPSA) is 82.3 Å². The van der Waals surface area contributed by atoms with Crippen LogP contribution in [0, 0.1) is 0 Å². The maximum atomic E-state index is 12.7. The molecule has 3 rings (SSSR count). The highest BCUT2D eigenvalue weighted by Gasteiger charge is 2.24. The van der Waals surface area contributed by atoms with Gasteiger partial charge in [-0.3, -0.25) is 0 Å². The van der Waals surface area contributed by atoms with Gasteiger partial charge in [-0.1, -0.05) is 28.8 Å². The largest absolute Gasteiger partial charge is 0.506 e. The minimum absolute atomic E-state index is 0.0253. The molecule has 0 aromatic heterocycles. The van der Waals surface area contributed by atoms with Gasteiger partial charge in [0.05, 0.1) is 10.6 Å². The van der Waals surface area contributed by atoms with E-state index in [-0.39, 0.29) is 10.6 Å². The molecule has 0 amide bonds. The van der Waals surface area contributed by atoms with E-state index in [0.717, 1.165) is 30.2 Å². The summed E-state index contributed by atoms with van der Waals surface area (Å²) in [6.45, 7) is 1.15. The number of phenolic OH excluding ortho intramolecular Hbond substituents is 1. The third-order valence-electron chi connectivity index (χ3n) is 4.25. The molecule has 2 aromatic rings. The molecule has 1 aliphatic rings. The summed E-state index contributed by atoms with van der Waals surface area (Å²) in [5.41, 5.74) is 0.847. The lowest BCUT2D eigenvalue weighted by Gasteiger charge is -2.19. The predicted octanol–water partition coefficient (Wildman–Crippen LogP) is 5.13. The fourth-order valence-corrected chi connectivity index (χ4v) is 4.67. The SMILES string of the molecule is O=S(=O)(c1ccc(N=Nc2cc(Br)ccc2O)cc1)N1CCCCCC1. The van der Waals surface area contributed by atoms with Crippen LogP contribution in [0.25, 0.3) is 0 Å². The molecule has 6 nitrogen and oxygen atoms in total. The lowest BCUT2D eigenvalue weighted by atomic mass is 10.2. The normalized spacial score (nSPS) is 16.7. The van der Waals surface area contributed by atoms with Gasteiger partial charge in [-0.25, -0.2) is 8.42 Å². The van der Waals surface area contributed by atoms with Crippen molar-refractivity contribution in [1.82, 2.24) is 4.31 Å². The first-order chi connectivity index (χ1) is 12.5. The van der Waals surface area contributed by atoms with Gasteiger partial charge >= 0.3 is 0 Å². The zero-order valence-corrected chi connectivity index (χ0v) is 16.6. The second kappa shape index (κ2) is 8.28. The maximum absolute atomic E-state index is 12.7. The fourth-order valence-electron chi connectivity index (χ4n) is 2.80. The molecule has 0 aliphatic carbocycles. The Bertz CT molecular complexity index is 890. The fraction of sp³-hybridized carbons (Fsp3) is 0.333. The number of aromatic hydroxyl groups is 1. The minimum Gasteiger partial charge on any atom is -0.506 e. The summed E-state index contributed by atoms with van der Waals surface area (Å²) in [6.07, 6.45) is 3.96. The zero-order chi connectivity index (χ0) is 18.6. The van der Waals surface area contributed by atoms with E-state index >= 15 is 0 Å². The molecule has 1 heterocycles. The molecule has 2 aromatic carbocycles. The van der Waals surface area contributed by atoms with Crippen LogP contribution in [-0.2, 0) is 10.0 Å². The number of sulfonamides is 1. The molecule has 0 bridgehead atoms. The van der Waals surface area contributed by atoms with Crippen LogP contribution < -0.4 is 0 Å². The minimum atomic E-state index is -3.47. The highest BCUT2D eigenvalue weighted by Crippen LogP contribution is 2.31. The van der Waals surface area contributed by atoms with Crippen LogP contribution in [-0.4, -0.2) is 30.9 Å². The Kier molecular flexibility index (Phi) is 6.05. The van der Waals surface area contributed by atoms with Gasteiger partial charge in [0, 0.05) is 17.6 Å². The molecular formula is C18H20BrN3O3S. The van der Waals surface area contributed by atoms with Crippen molar-refractivity contribution in [2.24, 2.45) is 10.2 Å². The van der Waals surface area contributed by atoms with Crippen molar-refractivity contribution < 1.29 is 13.5 Å². The van der Waals surface area contributed by atoms with Crippen molar-refractivity contribution in [2.75, 3.05) is 13.1 Å². The Hall–Kier alpha value is -1.77. The first kappa shape index (κ1) is 19.0. The van der Waals surface area contributed by atoms with E-state index in [1.807, 2.05) is 0 Å². The number of azo groups is 1. The molecule has 8 heteroatoms. The van der Waals surface area contributed by atoms with E-state index in [0.29, 0.717) is 24.5 Å². The number of rotatable bonds is 4. The molecule has 26 heavy (non-hydrogen) atoms. The molecule has 1 saturated heterocycles. The Morgan fingerprint density at radius 2 is 1.58 bits per heavy atom. The summed E-state index contributed by atoms with van der Waals surface area (Å²) in [5.74, 6) is 0.0253. The van der Waals surface area contributed by atoms with Crippen LogP contribution in [0.5, 0.6) is 5.75 Å². The summed E-state index contributed by atoms with van der Waals surface area (Å²) in [5, 5.41) is 17.9. The average Bonchev–Trinajstić information content (AvgIpc) is 2.93. The summed E-state index contributed by atoms with van der Waals surface area (Å²) in [7, 11) is -3.47. The Labute approximate surface area is 161 Å². The molecule has 1 N–H and O–H groups in total. The first-order valence-electron chi connectivity index (χ1n) is 8.47. The van der Waals surface area contributed by atoms with Crippen molar-refractivity contribution in [1.29, 1.82) is 0 Å². The van der Waals surface area contributed by atoms with Crippen LogP contribution in [0.3, 0.4) is 0 Å². The van der Waals surface area contributed by atoms with Gasteiger partial charge in [0.25, 0.3) is 0 Å². The number of hydrogen-bond donors (Lipinski definition) is 1. The van der Waals surface area contributed by atoms with E-state index in [9.17, 15) is 13.5 Å². The van der Waals surface area contributed by atoms with E-state index in [2.05, 4.69) is 26.2 Å². The number of halogens is 1. The molecule has 0 unspecified atom stereocenters. The van der Waals surface area contributed by atoms with Gasteiger partial charge in [0.1, 0.15) is 11.4 Å². The van der Waals surface area contributed by atoms with E-state index in [1.54, 1.807) is 40.7 Å². The van der Waals surface area contributed by atoms with Gasteiger partial charge in [-0.15, -0.1) is 5.11 Å². The van der Waals surface area contributed by atoms with Gasteiger partial charge in [-0.05, 0) is 55.3 Å². The summed E-state index contributed by atoms with van der Waals surface area (Å²) >= 11 is 3.31. The van der Waals surface area contributed by atoms with Crippen LogP contribution in [0.15, 0.2) is 62.1 Å². The third-order valence-corrected chi connectivity index (χ3v) is 6.66. The monoisotopic (exact) mass is 437 g/mol. The number of nitrogens with zero attached hydrogens (tertiary/aromatic N) is 3. The number of hydrogen-bond acceptors (Lipinski definition) is 5. The van der Waals surface area contributed by atoms with Crippen LogP contribution in [0.1, 0.15) is 25.7 Å². The highest BCUT2D eigenvalue weighted by molar-refractivity contribution is 9.10. The summed E-state index contributed by atoms with van der Waals surface area (Å²) in [4.78, 5) is 0.267. The Morgan fingerprint density at radius 3 is 2.23 bits per heavy atom. The predicted molar refractivity (Wildman–Crippen MR) is 104 cm³/mol. The van der Waals surface area contributed by atoms with Crippen molar-refractivity contribution in [2.45, 2.75) is 30.6 Å². The zero-order valence-electron chi connectivity index (χ0n) is 14.2. The second-order valence-corrected chi connectivity index (χ2v) is 9.00. The molecular weight excluding hydrogens is 418 g/mol. The first-order valence-corrected chi connectivity index (χ1v) is 10.7. The van der Waals surface area contributed by atoms with Crippen molar-refractivity contribution >= 4 is 37.3 Å². The molecule has 138 valence electrons. The number of phenols is 1. The van der Waals surface area contributed by atoms with Crippen molar-refractivity contribution in [3.8, 4) is 5.75 Å². The van der Waals surface area contributed by atoms with Crippen molar-refractivity contribution in [3.63, 3.8) is 0 Å². The molecule has 0 saturated carbocycles. The lowest BCUT2D eigenvalue weighted by molar-refractivity contribution is 0.424. The quantitative estimate of drug-likeness (QED) is 0.672. The highest BCUT2D eigenvalue weighted by atomic mass is 79.9. The lowest BCUT2D eigenvalue weighted by Crippen LogP contribution is -2.31. The molecule has 0 radical (unpaired) electrons. The van der Waals surface area contributed by atoms with Gasteiger partial charge in [0.15, 0.2) is 0 Å². The van der Waals surface area contributed by atoms with E-state index in [1.165, 1.54) is 6.07 Å². The maximum Gasteiger partial charge on any atom is 0.243 e. The van der Waals surface area contributed by atoms with Gasteiger partial charge < -0.3 is 5.11 Å². The van der Waals surface area contributed by atoms with E-state index in [4.69, 9.17) is 0 Å². The molecule has 0 atom stereocenters. The van der Waals surface area contributed by atoms with Crippen LogP contribution >= 0.6 is 15.9 Å². The Morgan fingerprint density at radius 1 is 0.923 bits per heavy atom. The number of benzene rings is 2. The second-order valence-electron chi connectivity index (χ2n) is 6.15. The summed E-state index contributed by atoms with van der Waals surface area (Å²) < 4.78 is 27.8. The molecule has 0 spiro atoms. The smallest absolute Gasteiger partial charge is 0.243 e. The van der Waals surface area contributed by atoms with Crippen molar-refractivity contribution in [3.05, 3.63) is 46.9 Å². The van der Waals surface area contributed by atoms with Crippen LogP contribution in [0.2, 0.25) is 0 Å². The standard InChI is InChI=1S/C18H20BrN3O3S/c19-14-5-10-18(23)17(13-14)21-20-15-6-8-16(9-7-15)26(24,25)22-11-3-1-2-4-12-22/h5-10,13,23H,1-4,11-12H2. The summed E-state index contributed by atoms with van der Waals surface area (Å²) in [6, 6.07) is 11.2. The molecule has 1 aliphatic heterocycles. The van der Waals surface area contributed by atoms with Gasteiger partial charge in [-0.2, -0.15) is 9.42 Å². The van der Waals surface area contributed by atoms with Crippen LogP contribution in [0.4, 0.5) is 11.4 Å².